The standard InChI is InChI=1S/C19H31N3O/c1-14(22-19(2,3)4)15-5-7-16(8-6-15)18(23)13-21-17-9-11-20-12-10-17/h9-12,14-16,22H,5-8,13H2,1-4H3,(H,20,21)/t14-,15?,16?/m1/s1. The fraction of sp³-hybridized carbons (Fsp3) is 0.684. The van der Waals surface area contributed by atoms with E-state index >= 15 is 0 Å². The van der Waals surface area contributed by atoms with Gasteiger partial charge in [0.15, 0.2) is 5.78 Å². The van der Waals surface area contributed by atoms with Crippen molar-refractivity contribution in [3.63, 3.8) is 0 Å². The number of hydrogen-bond acceptors (Lipinski definition) is 4. The Bertz CT molecular complexity index is 487. The fourth-order valence-electron chi connectivity index (χ4n) is 3.55. The summed E-state index contributed by atoms with van der Waals surface area (Å²) < 4.78 is 0. The fourth-order valence-corrected chi connectivity index (χ4v) is 3.55. The molecule has 4 heteroatoms. The summed E-state index contributed by atoms with van der Waals surface area (Å²) in [7, 11) is 0. The van der Waals surface area contributed by atoms with Crippen LogP contribution in [-0.2, 0) is 4.79 Å². The van der Waals surface area contributed by atoms with E-state index in [0.29, 0.717) is 24.3 Å². The zero-order chi connectivity index (χ0) is 16.9. The highest BCUT2D eigenvalue weighted by Gasteiger charge is 2.29. The molecule has 1 aliphatic carbocycles. The van der Waals surface area contributed by atoms with Crippen molar-refractivity contribution in [3.05, 3.63) is 24.5 Å². The van der Waals surface area contributed by atoms with Gasteiger partial charge in [0.1, 0.15) is 0 Å². The summed E-state index contributed by atoms with van der Waals surface area (Å²) in [6, 6.07) is 4.30. The molecule has 1 heterocycles. The average Bonchev–Trinajstić information content (AvgIpc) is 2.52. The zero-order valence-corrected chi connectivity index (χ0v) is 14.9. The molecule has 0 unspecified atom stereocenters. The molecule has 0 bridgehead atoms. The molecule has 1 aromatic rings. The number of Topliss-reactive ketones (excluding diaryl/α,β-unsaturated/α-hetero) is 1. The molecular weight excluding hydrogens is 286 g/mol. The van der Waals surface area contributed by atoms with Crippen molar-refractivity contribution in [2.75, 3.05) is 11.9 Å². The average molecular weight is 317 g/mol. The first-order valence-electron chi connectivity index (χ1n) is 8.79. The number of nitrogens with one attached hydrogen (secondary N) is 2. The van der Waals surface area contributed by atoms with E-state index in [9.17, 15) is 4.79 Å². The molecule has 0 radical (unpaired) electrons. The normalized spacial score (nSPS) is 23.3. The first kappa shape index (κ1) is 17.9. The van der Waals surface area contributed by atoms with Crippen LogP contribution < -0.4 is 10.6 Å². The first-order valence-corrected chi connectivity index (χ1v) is 8.79. The van der Waals surface area contributed by atoms with E-state index in [0.717, 1.165) is 31.4 Å². The third kappa shape index (κ3) is 5.94. The first-order chi connectivity index (χ1) is 10.8. The molecule has 1 atom stereocenters. The molecule has 2 N–H and O–H groups in total. The van der Waals surface area contributed by atoms with E-state index in [-0.39, 0.29) is 11.5 Å². The van der Waals surface area contributed by atoms with Gasteiger partial charge in [0.2, 0.25) is 0 Å². The maximum Gasteiger partial charge on any atom is 0.154 e. The summed E-state index contributed by atoms with van der Waals surface area (Å²) in [5.74, 6) is 1.26. The van der Waals surface area contributed by atoms with E-state index in [1.807, 2.05) is 12.1 Å². The maximum absolute atomic E-state index is 12.4. The number of hydrogen-bond donors (Lipinski definition) is 2. The second kappa shape index (κ2) is 7.91. The van der Waals surface area contributed by atoms with Crippen molar-refractivity contribution >= 4 is 11.5 Å². The van der Waals surface area contributed by atoms with Crippen LogP contribution in [0.2, 0.25) is 0 Å². The summed E-state index contributed by atoms with van der Waals surface area (Å²) in [5, 5.41) is 6.88. The van der Waals surface area contributed by atoms with Crippen molar-refractivity contribution < 1.29 is 4.79 Å². The van der Waals surface area contributed by atoms with E-state index in [2.05, 4.69) is 43.3 Å². The Hall–Kier alpha value is -1.42. The topological polar surface area (TPSA) is 54.0 Å². The Morgan fingerprint density at radius 2 is 1.83 bits per heavy atom. The van der Waals surface area contributed by atoms with E-state index < -0.39 is 0 Å². The number of nitrogens with zero attached hydrogens (tertiary/aromatic N) is 1. The molecular formula is C19H31N3O. The van der Waals surface area contributed by atoms with Gasteiger partial charge >= 0.3 is 0 Å². The van der Waals surface area contributed by atoms with Crippen LogP contribution in [0.25, 0.3) is 0 Å². The van der Waals surface area contributed by atoms with Crippen LogP contribution in [0, 0.1) is 11.8 Å². The minimum atomic E-state index is 0.153. The zero-order valence-electron chi connectivity index (χ0n) is 14.9. The number of carbonyl (C=O) groups excluding carboxylic acids is 1. The molecule has 0 aliphatic heterocycles. The Balaban J connectivity index is 1.74. The minimum Gasteiger partial charge on any atom is -0.378 e. The molecule has 1 aliphatic rings. The van der Waals surface area contributed by atoms with Gasteiger partial charge in [-0.15, -0.1) is 0 Å². The summed E-state index contributed by atoms with van der Waals surface area (Å²) in [6.07, 6.45) is 7.82. The Morgan fingerprint density at radius 1 is 1.22 bits per heavy atom. The SMILES string of the molecule is C[C@@H](NC(C)(C)C)C1CCC(C(=O)CNc2ccncc2)CC1. The molecule has 1 aromatic heterocycles. The van der Waals surface area contributed by atoms with Crippen molar-refractivity contribution in [1.82, 2.24) is 10.3 Å². The van der Waals surface area contributed by atoms with Crippen LogP contribution in [0.15, 0.2) is 24.5 Å². The Kier molecular flexibility index (Phi) is 6.17. The summed E-state index contributed by atoms with van der Waals surface area (Å²) in [4.78, 5) is 16.4. The Labute approximate surface area is 140 Å². The lowest BCUT2D eigenvalue weighted by Crippen LogP contribution is -2.46. The minimum absolute atomic E-state index is 0.153. The number of carbonyl (C=O) groups is 1. The van der Waals surface area contributed by atoms with Gasteiger partial charge in [-0.2, -0.15) is 0 Å². The van der Waals surface area contributed by atoms with Crippen LogP contribution in [0.4, 0.5) is 5.69 Å². The summed E-state index contributed by atoms with van der Waals surface area (Å²) >= 11 is 0. The quantitative estimate of drug-likeness (QED) is 0.841. The highest BCUT2D eigenvalue weighted by atomic mass is 16.1. The second-order valence-electron chi connectivity index (χ2n) is 7.85. The highest BCUT2D eigenvalue weighted by molar-refractivity contribution is 5.85. The van der Waals surface area contributed by atoms with Crippen molar-refractivity contribution in [3.8, 4) is 0 Å². The number of anilines is 1. The maximum atomic E-state index is 12.4. The largest absolute Gasteiger partial charge is 0.378 e. The molecule has 128 valence electrons. The van der Waals surface area contributed by atoms with Gasteiger partial charge in [-0.25, -0.2) is 0 Å². The van der Waals surface area contributed by atoms with Gasteiger partial charge in [-0.1, -0.05) is 0 Å². The third-order valence-electron chi connectivity index (χ3n) is 4.74. The third-order valence-corrected chi connectivity index (χ3v) is 4.74. The smallest absolute Gasteiger partial charge is 0.154 e. The molecule has 4 nitrogen and oxygen atoms in total. The van der Waals surface area contributed by atoms with Crippen LogP contribution in [0.3, 0.4) is 0 Å². The molecule has 0 aromatic carbocycles. The summed E-state index contributed by atoms with van der Waals surface area (Å²) in [6.45, 7) is 9.34. The molecule has 0 saturated heterocycles. The predicted octanol–water partition coefficient (Wildman–Crippen LogP) is 3.65. The number of ketones is 1. The molecule has 1 fully saturated rings. The van der Waals surface area contributed by atoms with Crippen molar-refractivity contribution in [1.29, 1.82) is 0 Å². The van der Waals surface area contributed by atoms with Crippen LogP contribution >= 0.6 is 0 Å². The van der Waals surface area contributed by atoms with Gasteiger partial charge in [0, 0.05) is 35.6 Å². The van der Waals surface area contributed by atoms with Crippen LogP contribution in [-0.4, -0.2) is 28.9 Å². The molecule has 23 heavy (non-hydrogen) atoms. The van der Waals surface area contributed by atoms with E-state index in [4.69, 9.17) is 0 Å². The predicted molar refractivity (Wildman–Crippen MR) is 95.5 cm³/mol. The van der Waals surface area contributed by atoms with Crippen molar-refractivity contribution in [2.24, 2.45) is 11.8 Å². The van der Waals surface area contributed by atoms with Gasteiger partial charge in [-0.3, -0.25) is 9.78 Å². The van der Waals surface area contributed by atoms with E-state index in [1.165, 1.54) is 0 Å². The molecule has 2 rings (SSSR count). The lowest BCUT2D eigenvalue weighted by Gasteiger charge is -2.36. The molecule has 0 amide bonds. The van der Waals surface area contributed by atoms with Crippen molar-refractivity contribution in [2.45, 2.75) is 65.0 Å². The lowest BCUT2D eigenvalue weighted by molar-refractivity contribution is -0.122. The highest BCUT2D eigenvalue weighted by Crippen LogP contribution is 2.32. The molecule has 0 spiro atoms. The number of pyridine rings is 1. The number of rotatable bonds is 6. The second-order valence-corrected chi connectivity index (χ2v) is 7.85. The summed E-state index contributed by atoms with van der Waals surface area (Å²) in [5.41, 5.74) is 1.12. The van der Waals surface area contributed by atoms with Gasteiger partial charge < -0.3 is 10.6 Å². The molecule has 1 saturated carbocycles. The van der Waals surface area contributed by atoms with E-state index in [1.54, 1.807) is 12.4 Å². The Morgan fingerprint density at radius 3 is 2.39 bits per heavy atom. The van der Waals surface area contributed by atoms with Crippen LogP contribution in [0.5, 0.6) is 0 Å². The number of aromatic nitrogens is 1. The van der Waals surface area contributed by atoms with Gasteiger partial charge in [0.05, 0.1) is 6.54 Å². The monoisotopic (exact) mass is 317 g/mol. The van der Waals surface area contributed by atoms with Crippen LogP contribution in [0.1, 0.15) is 53.4 Å². The van der Waals surface area contributed by atoms with Gasteiger partial charge in [0.25, 0.3) is 0 Å². The lowest BCUT2D eigenvalue weighted by atomic mass is 9.77. The van der Waals surface area contributed by atoms with Gasteiger partial charge in [-0.05, 0) is 71.4 Å².